The molecule has 0 unspecified atom stereocenters. The maximum Gasteiger partial charge on any atom is 0.251 e. The Morgan fingerprint density at radius 1 is 1.37 bits per heavy atom. The highest BCUT2D eigenvalue weighted by Gasteiger charge is 2.26. The van der Waals surface area contributed by atoms with Crippen molar-refractivity contribution in [3.8, 4) is 0 Å². The van der Waals surface area contributed by atoms with Gasteiger partial charge in [0.05, 0.1) is 5.69 Å². The van der Waals surface area contributed by atoms with Gasteiger partial charge < -0.3 is 9.88 Å². The zero-order chi connectivity index (χ0) is 13.2. The van der Waals surface area contributed by atoms with Crippen LogP contribution in [0.15, 0.2) is 29.3 Å². The quantitative estimate of drug-likeness (QED) is 0.863. The zero-order valence-corrected chi connectivity index (χ0v) is 10.7. The summed E-state index contributed by atoms with van der Waals surface area (Å²) in [5.41, 5.74) is 0.775. The largest absolute Gasteiger partial charge is 0.340 e. The molecule has 3 heterocycles. The number of rotatable bonds is 2. The average Bonchev–Trinajstić information content (AvgIpc) is 2.88. The van der Waals surface area contributed by atoms with Gasteiger partial charge in [-0.25, -0.2) is 15.0 Å². The van der Waals surface area contributed by atoms with E-state index in [-0.39, 0.29) is 11.5 Å². The third-order valence-corrected chi connectivity index (χ3v) is 3.32. The maximum absolute atomic E-state index is 11.5. The molecule has 0 spiro atoms. The summed E-state index contributed by atoms with van der Waals surface area (Å²) in [5.74, 6) is 1.67. The van der Waals surface area contributed by atoms with E-state index in [0.717, 1.165) is 31.2 Å². The van der Waals surface area contributed by atoms with Gasteiger partial charge in [0.2, 0.25) is 5.95 Å². The highest BCUT2D eigenvalue weighted by Crippen LogP contribution is 2.27. The molecule has 1 aliphatic rings. The van der Waals surface area contributed by atoms with Crippen LogP contribution in [-0.2, 0) is 0 Å². The Hall–Kier alpha value is -2.24. The molecule has 2 aromatic rings. The number of nitrogens with zero attached hydrogens (tertiary/aromatic N) is 4. The van der Waals surface area contributed by atoms with Gasteiger partial charge in [-0.05, 0) is 19.4 Å². The first-order chi connectivity index (χ1) is 9.22. The predicted octanol–water partition coefficient (Wildman–Crippen LogP) is 0.862. The minimum absolute atomic E-state index is 0.0862. The molecule has 98 valence electrons. The van der Waals surface area contributed by atoms with E-state index in [0.29, 0.717) is 5.82 Å². The van der Waals surface area contributed by atoms with Crippen LogP contribution in [0.2, 0.25) is 0 Å². The van der Waals surface area contributed by atoms with Crippen molar-refractivity contribution >= 4 is 5.95 Å². The third kappa shape index (κ3) is 2.47. The van der Waals surface area contributed by atoms with Crippen LogP contribution < -0.4 is 10.5 Å². The summed E-state index contributed by atoms with van der Waals surface area (Å²) in [5, 5.41) is 0. The van der Waals surface area contributed by atoms with Gasteiger partial charge in [-0.15, -0.1) is 0 Å². The summed E-state index contributed by atoms with van der Waals surface area (Å²) in [6.07, 6.45) is 4.45. The van der Waals surface area contributed by atoms with Crippen molar-refractivity contribution < 1.29 is 0 Å². The number of hydrogen-bond acceptors (Lipinski definition) is 5. The molecular weight excluding hydrogens is 242 g/mol. The molecule has 1 fully saturated rings. The number of anilines is 1. The van der Waals surface area contributed by atoms with Gasteiger partial charge in [0.25, 0.3) is 5.56 Å². The van der Waals surface area contributed by atoms with E-state index < -0.39 is 0 Å². The molecule has 0 saturated carbocycles. The lowest BCUT2D eigenvalue weighted by atomic mass is 10.0. The first-order valence-electron chi connectivity index (χ1n) is 6.32. The highest BCUT2D eigenvalue weighted by atomic mass is 16.1. The molecule has 6 heteroatoms. The van der Waals surface area contributed by atoms with E-state index in [9.17, 15) is 4.79 Å². The zero-order valence-electron chi connectivity index (χ0n) is 10.7. The van der Waals surface area contributed by atoms with Gasteiger partial charge in [0, 0.05) is 37.5 Å². The highest BCUT2D eigenvalue weighted by molar-refractivity contribution is 5.32. The molecule has 1 aliphatic heterocycles. The second kappa shape index (κ2) is 4.79. The molecule has 1 N–H and O–H groups in total. The first-order valence-corrected chi connectivity index (χ1v) is 6.32. The van der Waals surface area contributed by atoms with Gasteiger partial charge in [0.1, 0.15) is 5.82 Å². The van der Waals surface area contributed by atoms with Crippen molar-refractivity contribution in [2.24, 2.45) is 0 Å². The Bertz CT molecular complexity index is 624. The van der Waals surface area contributed by atoms with Crippen LogP contribution in [0.4, 0.5) is 5.95 Å². The molecule has 0 bridgehead atoms. The number of aromatic nitrogens is 4. The molecule has 0 aromatic carbocycles. The van der Waals surface area contributed by atoms with Crippen molar-refractivity contribution in [2.45, 2.75) is 19.3 Å². The van der Waals surface area contributed by atoms with Crippen LogP contribution in [-0.4, -0.2) is 33.0 Å². The van der Waals surface area contributed by atoms with Crippen LogP contribution in [0.5, 0.6) is 0 Å². The third-order valence-electron chi connectivity index (χ3n) is 3.32. The van der Waals surface area contributed by atoms with Crippen molar-refractivity contribution in [3.05, 3.63) is 46.4 Å². The van der Waals surface area contributed by atoms with E-state index in [1.165, 1.54) is 0 Å². The second-order valence-electron chi connectivity index (χ2n) is 4.74. The summed E-state index contributed by atoms with van der Waals surface area (Å²) >= 11 is 0. The molecule has 0 aliphatic carbocycles. The topological polar surface area (TPSA) is 74.8 Å². The fraction of sp³-hybridized carbons (Fsp3) is 0.385. The molecule has 19 heavy (non-hydrogen) atoms. The Kier molecular flexibility index (Phi) is 2.98. The standard InChI is InChI=1S/C13H15N5O/c1-9-16-11(7-12(19)17-9)10-3-6-18(8-10)13-14-4-2-5-15-13/h2,4-5,7,10H,3,6,8H2,1H3,(H,16,17,19)/t10-/m0/s1. The SMILES string of the molecule is Cc1nc([C@H]2CCN(c3ncccn3)C2)cc(=O)[nH]1. The van der Waals surface area contributed by atoms with Crippen molar-refractivity contribution in [1.82, 2.24) is 19.9 Å². The van der Waals surface area contributed by atoms with Crippen molar-refractivity contribution in [1.29, 1.82) is 0 Å². The van der Waals surface area contributed by atoms with E-state index in [4.69, 9.17) is 0 Å². The van der Waals surface area contributed by atoms with Crippen LogP contribution in [0.1, 0.15) is 23.9 Å². The van der Waals surface area contributed by atoms with Gasteiger partial charge in [0.15, 0.2) is 0 Å². The molecular formula is C13H15N5O. The molecule has 0 amide bonds. The lowest BCUT2D eigenvalue weighted by Crippen LogP contribution is -2.22. The molecule has 1 saturated heterocycles. The molecule has 0 radical (unpaired) electrons. The summed E-state index contributed by atoms with van der Waals surface area (Å²) in [4.78, 5) is 29.2. The van der Waals surface area contributed by atoms with E-state index in [1.807, 2.05) is 0 Å². The summed E-state index contributed by atoms with van der Waals surface area (Å²) < 4.78 is 0. The van der Waals surface area contributed by atoms with Crippen molar-refractivity contribution in [3.63, 3.8) is 0 Å². The number of aromatic amines is 1. The lowest BCUT2D eigenvalue weighted by Gasteiger charge is -2.15. The fourth-order valence-electron chi connectivity index (χ4n) is 2.45. The monoisotopic (exact) mass is 257 g/mol. The van der Waals surface area contributed by atoms with Gasteiger partial charge in [-0.2, -0.15) is 0 Å². The average molecular weight is 257 g/mol. The Balaban J connectivity index is 1.81. The predicted molar refractivity (Wildman–Crippen MR) is 71.2 cm³/mol. The van der Waals surface area contributed by atoms with Gasteiger partial charge >= 0.3 is 0 Å². The molecule has 2 aromatic heterocycles. The van der Waals surface area contributed by atoms with Crippen LogP contribution in [0.25, 0.3) is 0 Å². The summed E-state index contributed by atoms with van der Waals surface area (Å²) in [6, 6.07) is 3.39. The summed E-state index contributed by atoms with van der Waals surface area (Å²) in [7, 11) is 0. The lowest BCUT2D eigenvalue weighted by molar-refractivity contribution is 0.727. The normalized spacial score (nSPS) is 18.8. The fourth-order valence-corrected chi connectivity index (χ4v) is 2.45. The van der Waals surface area contributed by atoms with Crippen LogP contribution in [0, 0.1) is 6.92 Å². The van der Waals surface area contributed by atoms with Gasteiger partial charge in [-0.3, -0.25) is 4.79 Å². The smallest absolute Gasteiger partial charge is 0.251 e. The Morgan fingerprint density at radius 2 is 2.16 bits per heavy atom. The van der Waals surface area contributed by atoms with Crippen LogP contribution >= 0.6 is 0 Å². The van der Waals surface area contributed by atoms with E-state index in [1.54, 1.807) is 31.5 Å². The second-order valence-corrected chi connectivity index (χ2v) is 4.74. The number of aryl methyl sites for hydroxylation is 1. The minimum atomic E-state index is -0.0862. The summed E-state index contributed by atoms with van der Waals surface area (Å²) in [6.45, 7) is 3.50. The first kappa shape index (κ1) is 11.8. The van der Waals surface area contributed by atoms with Crippen LogP contribution in [0.3, 0.4) is 0 Å². The Labute approximate surface area is 110 Å². The number of hydrogen-bond donors (Lipinski definition) is 1. The van der Waals surface area contributed by atoms with Gasteiger partial charge in [-0.1, -0.05) is 0 Å². The maximum atomic E-state index is 11.5. The minimum Gasteiger partial charge on any atom is -0.340 e. The van der Waals surface area contributed by atoms with E-state index >= 15 is 0 Å². The van der Waals surface area contributed by atoms with E-state index in [2.05, 4.69) is 24.8 Å². The molecule has 1 atom stereocenters. The molecule has 6 nitrogen and oxygen atoms in total. The number of H-pyrrole nitrogens is 1. The Morgan fingerprint density at radius 3 is 2.89 bits per heavy atom. The number of nitrogens with one attached hydrogen (secondary N) is 1. The molecule has 3 rings (SSSR count). The van der Waals surface area contributed by atoms with Crippen molar-refractivity contribution in [2.75, 3.05) is 18.0 Å².